The summed E-state index contributed by atoms with van der Waals surface area (Å²) in [6, 6.07) is 14.7. The molecule has 2 heterocycles. The highest BCUT2D eigenvalue weighted by molar-refractivity contribution is 7.56. The molecule has 0 bridgehead atoms. The van der Waals surface area contributed by atoms with Gasteiger partial charge in [-0.3, -0.25) is 0 Å². The van der Waals surface area contributed by atoms with Gasteiger partial charge in [0.25, 0.3) is 0 Å². The molecule has 11 heteroatoms. The van der Waals surface area contributed by atoms with Crippen molar-refractivity contribution < 1.29 is 14.2 Å². The highest BCUT2D eigenvalue weighted by Gasteiger charge is 2.22. The highest BCUT2D eigenvalue weighted by Crippen LogP contribution is 2.38. The molecule has 0 radical (unpaired) electrons. The second kappa shape index (κ2) is 14.2. The minimum absolute atomic E-state index is 0.158. The normalized spacial score (nSPS) is 14.3. The summed E-state index contributed by atoms with van der Waals surface area (Å²) < 4.78 is 11.0. The zero-order chi connectivity index (χ0) is 27.8. The van der Waals surface area contributed by atoms with Crippen molar-refractivity contribution in [2.75, 3.05) is 63.5 Å². The molecule has 3 aromatic rings. The number of piperidine rings is 1. The molecule has 4 rings (SSSR count). The Balaban J connectivity index is 1.54. The molecule has 0 amide bonds. The SMILES string of the molecule is COP(OC)c1ccccc1Nc1nc(Nc2ccc(N3CCC(N(C)C)CC3)c(CCCO)c2)ncc1Cl. The van der Waals surface area contributed by atoms with Crippen molar-refractivity contribution in [2.45, 2.75) is 31.7 Å². The van der Waals surface area contributed by atoms with E-state index in [1.54, 1.807) is 20.4 Å². The maximum atomic E-state index is 9.50. The fourth-order valence-corrected chi connectivity index (χ4v) is 6.06. The molecule has 3 N–H and O–H groups in total. The van der Waals surface area contributed by atoms with Crippen LogP contribution < -0.4 is 20.8 Å². The third-order valence-corrected chi connectivity index (χ3v) is 8.63. The number of aliphatic hydroxyl groups excluding tert-OH is 1. The number of nitrogens with one attached hydrogen (secondary N) is 2. The van der Waals surface area contributed by atoms with Crippen molar-refractivity contribution in [1.29, 1.82) is 0 Å². The van der Waals surface area contributed by atoms with Gasteiger partial charge in [-0.1, -0.05) is 23.7 Å². The van der Waals surface area contributed by atoms with Crippen LogP contribution in [-0.2, 0) is 15.5 Å². The fraction of sp³-hybridized carbons (Fsp3) is 0.429. The zero-order valence-electron chi connectivity index (χ0n) is 23.0. The molecular formula is C28H38ClN6O3P. The minimum atomic E-state index is -1.24. The molecular weight excluding hydrogens is 535 g/mol. The van der Waals surface area contributed by atoms with Gasteiger partial charge in [0.15, 0.2) is 5.82 Å². The smallest absolute Gasteiger partial charge is 0.229 e. The number of rotatable bonds is 12. The van der Waals surface area contributed by atoms with Crippen LogP contribution in [0, 0.1) is 0 Å². The molecule has 0 saturated carbocycles. The molecule has 0 unspecified atom stereocenters. The van der Waals surface area contributed by atoms with Crippen molar-refractivity contribution in [1.82, 2.24) is 14.9 Å². The summed E-state index contributed by atoms with van der Waals surface area (Å²) >= 11 is 6.46. The van der Waals surface area contributed by atoms with E-state index < -0.39 is 8.38 Å². The van der Waals surface area contributed by atoms with Gasteiger partial charge in [-0.25, -0.2) is 4.98 Å². The van der Waals surface area contributed by atoms with Crippen molar-refractivity contribution in [2.24, 2.45) is 0 Å². The third-order valence-electron chi connectivity index (χ3n) is 6.90. The number of aliphatic hydroxyl groups is 1. The minimum Gasteiger partial charge on any atom is -0.396 e. The molecule has 0 aliphatic carbocycles. The second-order valence-corrected chi connectivity index (χ2v) is 11.8. The van der Waals surface area contributed by atoms with Crippen molar-refractivity contribution in [3.05, 3.63) is 59.2 Å². The van der Waals surface area contributed by atoms with Crippen LogP contribution in [0.2, 0.25) is 5.02 Å². The quantitative estimate of drug-likeness (QED) is 0.250. The first kappa shape index (κ1) is 29.5. The number of benzene rings is 2. The van der Waals surface area contributed by atoms with Gasteiger partial charge in [0, 0.05) is 51.3 Å². The van der Waals surface area contributed by atoms with E-state index in [0.29, 0.717) is 29.3 Å². The first-order chi connectivity index (χ1) is 18.9. The third kappa shape index (κ3) is 7.57. The van der Waals surface area contributed by atoms with E-state index in [-0.39, 0.29) is 6.61 Å². The summed E-state index contributed by atoms with van der Waals surface area (Å²) in [7, 11) is 6.32. The van der Waals surface area contributed by atoms with Crippen LogP contribution in [0.1, 0.15) is 24.8 Å². The van der Waals surface area contributed by atoms with E-state index in [0.717, 1.165) is 49.0 Å². The van der Waals surface area contributed by atoms with Gasteiger partial charge >= 0.3 is 0 Å². The van der Waals surface area contributed by atoms with E-state index in [9.17, 15) is 5.11 Å². The number of nitrogens with zero attached hydrogens (tertiary/aromatic N) is 4. The first-order valence-corrected chi connectivity index (χ1v) is 14.7. The monoisotopic (exact) mass is 572 g/mol. The van der Waals surface area contributed by atoms with E-state index in [1.165, 1.54) is 11.3 Å². The van der Waals surface area contributed by atoms with Crippen LogP contribution in [0.25, 0.3) is 0 Å². The summed E-state index contributed by atoms with van der Waals surface area (Å²) in [4.78, 5) is 13.8. The van der Waals surface area contributed by atoms with E-state index >= 15 is 0 Å². The number of halogens is 1. The Kier molecular flexibility index (Phi) is 10.7. The maximum Gasteiger partial charge on any atom is 0.229 e. The molecule has 210 valence electrons. The van der Waals surface area contributed by atoms with Crippen molar-refractivity contribution in [3.8, 4) is 0 Å². The molecule has 1 aromatic heterocycles. The van der Waals surface area contributed by atoms with E-state index in [4.69, 9.17) is 20.6 Å². The Bertz CT molecular complexity index is 1220. The Labute approximate surface area is 237 Å². The van der Waals surface area contributed by atoms with Gasteiger partial charge in [-0.2, -0.15) is 4.98 Å². The highest BCUT2D eigenvalue weighted by atomic mass is 35.5. The summed E-state index contributed by atoms with van der Waals surface area (Å²) in [6.45, 7) is 2.20. The Morgan fingerprint density at radius 2 is 1.85 bits per heavy atom. The lowest BCUT2D eigenvalue weighted by atomic mass is 10.00. The largest absolute Gasteiger partial charge is 0.396 e. The molecule has 9 nitrogen and oxygen atoms in total. The van der Waals surface area contributed by atoms with Crippen LogP contribution in [0.5, 0.6) is 0 Å². The van der Waals surface area contributed by atoms with E-state index in [2.05, 4.69) is 62.7 Å². The zero-order valence-corrected chi connectivity index (χ0v) is 24.7. The number of para-hydroxylation sites is 1. The standard InChI is InChI=1S/C28H38ClN6O3P/c1-34(2)22-13-15-35(16-14-22)25-12-11-21(18-20(25)8-7-17-36)31-28-30-19-23(29)27(33-28)32-24-9-5-6-10-26(24)39(37-3)38-4/h5-6,9-12,18-19,22,36H,7-8,13-17H2,1-4H3,(H2,30,31,32,33). The van der Waals surface area contributed by atoms with Gasteiger partial charge in [0.1, 0.15) is 5.02 Å². The molecule has 1 saturated heterocycles. The lowest BCUT2D eigenvalue weighted by Gasteiger charge is -2.37. The predicted octanol–water partition coefficient (Wildman–Crippen LogP) is 5.30. The average Bonchev–Trinajstić information content (AvgIpc) is 2.95. The predicted molar refractivity (Wildman–Crippen MR) is 161 cm³/mol. The molecule has 0 atom stereocenters. The van der Waals surface area contributed by atoms with Crippen LogP contribution in [-0.4, -0.2) is 74.0 Å². The summed E-state index contributed by atoms with van der Waals surface area (Å²) in [5.74, 6) is 0.900. The first-order valence-electron chi connectivity index (χ1n) is 13.1. The van der Waals surface area contributed by atoms with E-state index in [1.807, 2.05) is 24.3 Å². The number of aryl methyl sites for hydroxylation is 1. The van der Waals surface area contributed by atoms with Crippen LogP contribution in [0.3, 0.4) is 0 Å². The molecule has 1 aliphatic rings. The fourth-order valence-electron chi connectivity index (χ4n) is 4.85. The summed E-state index contributed by atoms with van der Waals surface area (Å²) in [5.41, 5.74) is 4.11. The van der Waals surface area contributed by atoms with Gasteiger partial charge in [0.2, 0.25) is 14.3 Å². The number of aromatic nitrogens is 2. The van der Waals surface area contributed by atoms with Crippen molar-refractivity contribution >= 4 is 54.1 Å². The topological polar surface area (TPSA) is 95.0 Å². The maximum absolute atomic E-state index is 9.50. The second-order valence-electron chi connectivity index (χ2n) is 9.63. The van der Waals surface area contributed by atoms with Gasteiger partial charge in [-0.15, -0.1) is 0 Å². The lowest BCUT2D eigenvalue weighted by Crippen LogP contribution is -2.42. The van der Waals surface area contributed by atoms with Gasteiger partial charge in [-0.05, 0) is 75.7 Å². The lowest BCUT2D eigenvalue weighted by molar-refractivity contribution is 0.249. The molecule has 2 aromatic carbocycles. The average molecular weight is 573 g/mol. The summed E-state index contributed by atoms with van der Waals surface area (Å²) in [5, 5.41) is 17.4. The molecule has 39 heavy (non-hydrogen) atoms. The molecule has 1 fully saturated rings. The molecule has 1 aliphatic heterocycles. The van der Waals surface area contributed by atoms with Gasteiger partial charge < -0.3 is 34.6 Å². The van der Waals surface area contributed by atoms with Crippen LogP contribution in [0.15, 0.2) is 48.7 Å². The number of hydrogen-bond donors (Lipinski definition) is 3. The Hall–Kier alpha value is -2.52. The Morgan fingerprint density at radius 1 is 1.10 bits per heavy atom. The Morgan fingerprint density at radius 3 is 2.54 bits per heavy atom. The number of hydrogen-bond acceptors (Lipinski definition) is 9. The van der Waals surface area contributed by atoms with Gasteiger partial charge in [0.05, 0.1) is 17.2 Å². The van der Waals surface area contributed by atoms with Crippen molar-refractivity contribution in [3.63, 3.8) is 0 Å². The summed E-state index contributed by atoms with van der Waals surface area (Å²) in [6.07, 6.45) is 5.36. The number of anilines is 5. The van der Waals surface area contributed by atoms with Crippen LogP contribution in [0.4, 0.5) is 28.8 Å². The molecule has 0 spiro atoms. The van der Waals surface area contributed by atoms with Crippen LogP contribution >= 0.6 is 20.0 Å².